The summed E-state index contributed by atoms with van der Waals surface area (Å²) in [6.45, 7) is 2.01. The highest BCUT2D eigenvalue weighted by atomic mass is 16.3. The minimum atomic E-state index is -0.154. The molecule has 0 radical (unpaired) electrons. The second kappa shape index (κ2) is 9.12. The van der Waals surface area contributed by atoms with Crippen LogP contribution in [0.4, 0.5) is 5.82 Å². The van der Waals surface area contributed by atoms with Crippen molar-refractivity contribution >= 4 is 16.7 Å². The molecule has 0 aliphatic carbocycles. The monoisotopic (exact) mass is 442 g/mol. The quantitative estimate of drug-likeness (QED) is 0.277. The Balaban J connectivity index is 1.37. The van der Waals surface area contributed by atoms with E-state index < -0.39 is 0 Å². The first-order valence-electron chi connectivity index (χ1n) is 11.1. The molecule has 0 aliphatic rings. The smallest absolute Gasteiger partial charge is 0.327 e. The highest BCUT2D eigenvalue weighted by Crippen LogP contribution is 2.28. The van der Waals surface area contributed by atoms with E-state index in [1.54, 1.807) is 29.2 Å². The Bertz CT molecular complexity index is 1390. The number of aromatic nitrogens is 5. The van der Waals surface area contributed by atoms with Gasteiger partial charge in [0.2, 0.25) is 0 Å². The number of hydrogen-bond acceptors (Lipinski definition) is 4. The van der Waals surface area contributed by atoms with Gasteiger partial charge in [-0.25, -0.2) is 9.78 Å². The maximum Gasteiger partial charge on any atom is 0.327 e. The molecular formula is C25H26N6O2. The van der Waals surface area contributed by atoms with Crippen LogP contribution in [0, 0.1) is 0 Å². The number of aryl methyl sites for hydroxylation is 1. The molecular weight excluding hydrogens is 416 g/mol. The Labute approximate surface area is 190 Å². The third-order valence-corrected chi connectivity index (χ3v) is 5.85. The van der Waals surface area contributed by atoms with E-state index in [0.29, 0.717) is 18.9 Å². The van der Waals surface area contributed by atoms with Crippen LogP contribution in [-0.4, -0.2) is 35.7 Å². The van der Waals surface area contributed by atoms with Gasteiger partial charge in [-0.3, -0.25) is 9.55 Å². The molecule has 5 aromatic rings. The number of para-hydroxylation sites is 1. The fourth-order valence-electron chi connectivity index (χ4n) is 4.22. The summed E-state index contributed by atoms with van der Waals surface area (Å²) < 4.78 is 3.76. The van der Waals surface area contributed by atoms with E-state index in [1.165, 1.54) is 10.9 Å². The van der Waals surface area contributed by atoms with E-state index in [0.717, 1.165) is 36.2 Å². The number of fused-ring (bicyclic) bond motifs is 1. The highest BCUT2D eigenvalue weighted by molar-refractivity contribution is 5.83. The first-order valence-corrected chi connectivity index (χ1v) is 11.1. The minimum Gasteiger partial charge on any atom is -0.508 e. The van der Waals surface area contributed by atoms with Crippen molar-refractivity contribution < 1.29 is 5.11 Å². The van der Waals surface area contributed by atoms with Crippen molar-refractivity contribution in [1.29, 1.82) is 0 Å². The van der Waals surface area contributed by atoms with Gasteiger partial charge in [-0.1, -0.05) is 18.2 Å². The molecule has 0 amide bonds. The maximum atomic E-state index is 12.9. The summed E-state index contributed by atoms with van der Waals surface area (Å²) in [4.78, 5) is 23.2. The molecule has 8 nitrogen and oxygen atoms in total. The largest absolute Gasteiger partial charge is 0.508 e. The molecule has 33 heavy (non-hydrogen) atoms. The third kappa shape index (κ3) is 4.41. The van der Waals surface area contributed by atoms with Crippen LogP contribution in [0.3, 0.4) is 0 Å². The van der Waals surface area contributed by atoms with Gasteiger partial charge in [-0.05, 0) is 48.7 Å². The standard InChI is InChI=1S/C25H26N6O2/c32-20-8-6-18(7-9-20)23-24(27-11-10-19-16-28-22-5-2-1-4-21(19)22)29-25(33)31(23)14-3-13-30-15-12-26-17-30/h1-2,4-9,12,15-17,27-28,32H,3,10-11,13-14H2,(H,29,33). The molecule has 168 valence electrons. The number of anilines is 1. The fourth-order valence-corrected chi connectivity index (χ4v) is 4.22. The second-order valence-electron chi connectivity index (χ2n) is 8.04. The molecule has 0 atom stereocenters. The molecule has 0 spiro atoms. The predicted octanol–water partition coefficient (Wildman–Crippen LogP) is 3.97. The normalized spacial score (nSPS) is 11.3. The van der Waals surface area contributed by atoms with Crippen molar-refractivity contribution in [2.24, 2.45) is 0 Å². The van der Waals surface area contributed by atoms with Crippen LogP contribution in [0.1, 0.15) is 12.0 Å². The van der Waals surface area contributed by atoms with Gasteiger partial charge in [0.25, 0.3) is 0 Å². The second-order valence-corrected chi connectivity index (χ2v) is 8.04. The number of H-pyrrole nitrogens is 2. The van der Waals surface area contributed by atoms with Crippen molar-refractivity contribution in [2.45, 2.75) is 25.9 Å². The Morgan fingerprint density at radius 1 is 1.06 bits per heavy atom. The number of phenolic OH excluding ortho intramolecular Hbond substituents is 1. The number of nitrogens with zero attached hydrogens (tertiary/aromatic N) is 3. The summed E-state index contributed by atoms with van der Waals surface area (Å²) >= 11 is 0. The van der Waals surface area contributed by atoms with Crippen LogP contribution < -0.4 is 11.0 Å². The first kappa shape index (κ1) is 20.7. The molecule has 0 aliphatic heterocycles. The van der Waals surface area contributed by atoms with Crippen LogP contribution in [0.25, 0.3) is 22.2 Å². The summed E-state index contributed by atoms with van der Waals surface area (Å²) in [6.07, 6.45) is 9.08. The van der Waals surface area contributed by atoms with E-state index in [2.05, 4.69) is 32.4 Å². The number of nitrogens with one attached hydrogen (secondary N) is 3. The van der Waals surface area contributed by atoms with Crippen molar-refractivity contribution in [2.75, 3.05) is 11.9 Å². The number of rotatable bonds is 9. The number of aromatic amines is 2. The zero-order valence-corrected chi connectivity index (χ0v) is 18.2. The molecule has 4 N–H and O–H groups in total. The number of aromatic hydroxyl groups is 1. The van der Waals surface area contributed by atoms with Gasteiger partial charge in [0.15, 0.2) is 0 Å². The molecule has 0 fully saturated rings. The Kier molecular flexibility index (Phi) is 5.72. The van der Waals surface area contributed by atoms with Crippen LogP contribution in [0.5, 0.6) is 5.75 Å². The number of phenols is 1. The Morgan fingerprint density at radius 3 is 2.73 bits per heavy atom. The maximum absolute atomic E-state index is 12.9. The van der Waals surface area contributed by atoms with Crippen LogP contribution in [0.15, 0.2) is 78.2 Å². The molecule has 0 saturated heterocycles. The van der Waals surface area contributed by atoms with Crippen LogP contribution >= 0.6 is 0 Å². The predicted molar refractivity (Wildman–Crippen MR) is 129 cm³/mol. The molecule has 0 saturated carbocycles. The minimum absolute atomic E-state index is 0.154. The number of benzene rings is 2. The molecule has 5 rings (SSSR count). The zero-order chi connectivity index (χ0) is 22.6. The number of imidazole rings is 2. The topological polar surface area (TPSA) is 104 Å². The molecule has 8 heteroatoms. The fraction of sp³-hybridized carbons (Fsp3) is 0.200. The summed E-state index contributed by atoms with van der Waals surface area (Å²) in [5.74, 6) is 0.880. The molecule has 3 heterocycles. The highest BCUT2D eigenvalue weighted by Gasteiger charge is 2.16. The van der Waals surface area contributed by atoms with Crippen molar-refractivity contribution in [3.05, 3.63) is 89.5 Å². The lowest BCUT2D eigenvalue weighted by atomic mass is 10.1. The van der Waals surface area contributed by atoms with Crippen LogP contribution in [-0.2, 0) is 19.5 Å². The summed E-state index contributed by atoms with van der Waals surface area (Å²) in [6, 6.07) is 15.2. The van der Waals surface area contributed by atoms with Gasteiger partial charge in [-0.15, -0.1) is 0 Å². The summed E-state index contributed by atoms with van der Waals surface area (Å²) in [7, 11) is 0. The lowest BCUT2D eigenvalue weighted by Gasteiger charge is -2.12. The average Bonchev–Trinajstić information content (AvgIpc) is 3.55. The van der Waals surface area contributed by atoms with Gasteiger partial charge in [-0.2, -0.15) is 0 Å². The zero-order valence-electron chi connectivity index (χ0n) is 18.2. The van der Waals surface area contributed by atoms with Gasteiger partial charge in [0, 0.05) is 54.7 Å². The Morgan fingerprint density at radius 2 is 1.91 bits per heavy atom. The van der Waals surface area contributed by atoms with E-state index in [-0.39, 0.29) is 11.4 Å². The van der Waals surface area contributed by atoms with Crippen LogP contribution in [0.2, 0.25) is 0 Å². The number of hydrogen-bond donors (Lipinski definition) is 4. The lowest BCUT2D eigenvalue weighted by molar-refractivity contribution is 0.475. The van der Waals surface area contributed by atoms with E-state index in [9.17, 15) is 9.90 Å². The molecule has 0 bridgehead atoms. The average molecular weight is 443 g/mol. The van der Waals surface area contributed by atoms with E-state index >= 15 is 0 Å². The van der Waals surface area contributed by atoms with Gasteiger partial charge in [0.05, 0.1) is 12.0 Å². The van der Waals surface area contributed by atoms with Gasteiger partial charge >= 0.3 is 5.69 Å². The first-order chi connectivity index (χ1) is 16.2. The summed E-state index contributed by atoms with van der Waals surface area (Å²) in [5.41, 5.74) is 3.85. The van der Waals surface area contributed by atoms with E-state index in [1.807, 2.05) is 41.2 Å². The summed E-state index contributed by atoms with van der Waals surface area (Å²) in [5, 5.41) is 14.4. The van der Waals surface area contributed by atoms with Gasteiger partial charge < -0.3 is 20.0 Å². The third-order valence-electron chi connectivity index (χ3n) is 5.85. The lowest BCUT2D eigenvalue weighted by Crippen LogP contribution is -2.18. The molecule has 3 aromatic heterocycles. The van der Waals surface area contributed by atoms with Crippen molar-refractivity contribution in [3.8, 4) is 17.0 Å². The Hall–Kier alpha value is -4.20. The van der Waals surface area contributed by atoms with Gasteiger partial charge in [0.1, 0.15) is 11.6 Å². The van der Waals surface area contributed by atoms with Crippen molar-refractivity contribution in [1.82, 2.24) is 24.1 Å². The molecule has 0 unspecified atom stereocenters. The van der Waals surface area contributed by atoms with Crippen molar-refractivity contribution in [3.63, 3.8) is 0 Å². The SMILES string of the molecule is O=c1[nH]c(NCCc2c[nH]c3ccccc23)c(-c2ccc(O)cc2)n1CCCn1ccnc1. The van der Waals surface area contributed by atoms with E-state index in [4.69, 9.17) is 0 Å². The molecule has 2 aromatic carbocycles.